The Bertz CT molecular complexity index is 1170. The Morgan fingerprint density at radius 1 is 0.968 bits per heavy atom. The van der Waals surface area contributed by atoms with Gasteiger partial charge in [-0.15, -0.1) is 0 Å². The van der Waals surface area contributed by atoms with Gasteiger partial charge >= 0.3 is 5.97 Å². The molecule has 4 N–H and O–H groups in total. The molecule has 0 fully saturated rings. The lowest BCUT2D eigenvalue weighted by Crippen LogP contribution is -2.04. The van der Waals surface area contributed by atoms with Crippen LogP contribution in [-0.2, 0) is 4.79 Å². The third kappa shape index (κ3) is 4.66. The molecule has 0 bridgehead atoms. The zero-order chi connectivity index (χ0) is 21.6. The second-order valence-electron chi connectivity index (χ2n) is 7.33. The Balaban J connectivity index is 1.70. The van der Waals surface area contributed by atoms with Crippen LogP contribution in [0.25, 0.3) is 33.6 Å². The largest absolute Gasteiger partial charge is 0.481 e. The summed E-state index contributed by atoms with van der Waals surface area (Å²) in [7, 11) is 0. The van der Waals surface area contributed by atoms with E-state index in [1.54, 1.807) is 0 Å². The van der Waals surface area contributed by atoms with Crippen molar-refractivity contribution in [2.24, 2.45) is 0 Å². The van der Waals surface area contributed by atoms with Gasteiger partial charge in [-0.2, -0.15) is 0 Å². The van der Waals surface area contributed by atoms with Gasteiger partial charge < -0.3 is 20.6 Å². The first-order valence-electron chi connectivity index (χ1n) is 10.3. The van der Waals surface area contributed by atoms with E-state index in [4.69, 9.17) is 15.3 Å². The molecule has 0 radical (unpaired) electrons. The van der Waals surface area contributed by atoms with Gasteiger partial charge in [-0.25, -0.2) is 9.97 Å². The number of anilines is 2. The van der Waals surface area contributed by atoms with E-state index in [9.17, 15) is 4.79 Å². The minimum absolute atomic E-state index is 0.196. The Hall–Kier alpha value is -3.87. The summed E-state index contributed by atoms with van der Waals surface area (Å²) in [4.78, 5) is 19.5. The maximum Gasteiger partial charge on any atom is 0.303 e. The molecule has 2 aromatic heterocycles. The van der Waals surface area contributed by atoms with E-state index in [0.717, 1.165) is 40.7 Å². The van der Waals surface area contributed by atoms with Crippen LogP contribution < -0.4 is 11.1 Å². The van der Waals surface area contributed by atoms with E-state index in [0.29, 0.717) is 30.2 Å². The molecule has 0 atom stereocenters. The Labute approximate surface area is 179 Å². The molecule has 31 heavy (non-hydrogen) atoms. The number of fused-ring (bicyclic) bond motifs is 1. The second kappa shape index (κ2) is 9.30. The Morgan fingerprint density at radius 3 is 2.48 bits per heavy atom. The molecule has 2 heterocycles. The predicted molar refractivity (Wildman–Crippen MR) is 122 cm³/mol. The van der Waals surface area contributed by atoms with E-state index in [1.807, 2.05) is 54.6 Å². The number of unbranched alkanes of at least 4 members (excludes halogenated alkanes) is 2. The minimum atomic E-state index is -0.759. The summed E-state index contributed by atoms with van der Waals surface area (Å²) in [5.41, 5.74) is 9.92. The van der Waals surface area contributed by atoms with Crippen LogP contribution in [0.5, 0.6) is 0 Å². The van der Waals surface area contributed by atoms with Crippen LogP contribution in [0.1, 0.15) is 25.7 Å². The van der Waals surface area contributed by atoms with E-state index < -0.39 is 5.97 Å². The lowest BCUT2D eigenvalue weighted by molar-refractivity contribution is -0.137. The standard InChI is InChI=1S/C24H24N4O3/c25-18-12-10-16(11-13-18)20-21-23(26-14-6-2-5-9-19(29)30)27-15-28-24(21)31-22(20)17-7-3-1-4-8-17/h1,3-4,7-8,10-13,15H,2,5-6,9,14,25H2,(H,29,30)(H,26,27,28). The van der Waals surface area contributed by atoms with E-state index in [-0.39, 0.29) is 6.42 Å². The highest BCUT2D eigenvalue weighted by atomic mass is 16.4. The number of nitrogens with two attached hydrogens (primary N) is 1. The summed E-state index contributed by atoms with van der Waals surface area (Å²) in [5, 5.41) is 13.0. The highest BCUT2D eigenvalue weighted by Gasteiger charge is 2.21. The second-order valence-corrected chi connectivity index (χ2v) is 7.33. The molecule has 0 amide bonds. The summed E-state index contributed by atoms with van der Waals surface area (Å²) in [6.07, 6.45) is 4.02. The molecular weight excluding hydrogens is 392 g/mol. The third-order valence-electron chi connectivity index (χ3n) is 5.08. The molecule has 4 aromatic rings. The smallest absolute Gasteiger partial charge is 0.303 e. The van der Waals surface area contributed by atoms with Crippen molar-refractivity contribution in [1.82, 2.24) is 9.97 Å². The molecule has 7 nitrogen and oxygen atoms in total. The van der Waals surface area contributed by atoms with Crippen LogP contribution >= 0.6 is 0 Å². The van der Waals surface area contributed by atoms with E-state index >= 15 is 0 Å². The highest BCUT2D eigenvalue weighted by molar-refractivity contribution is 6.05. The van der Waals surface area contributed by atoms with Crippen LogP contribution in [0.2, 0.25) is 0 Å². The fourth-order valence-electron chi connectivity index (χ4n) is 3.57. The van der Waals surface area contributed by atoms with E-state index in [1.165, 1.54) is 6.33 Å². The fraction of sp³-hybridized carbons (Fsp3) is 0.208. The van der Waals surface area contributed by atoms with Gasteiger partial charge in [0.25, 0.3) is 0 Å². The first-order valence-corrected chi connectivity index (χ1v) is 10.3. The zero-order valence-corrected chi connectivity index (χ0v) is 17.0. The number of nitrogens with one attached hydrogen (secondary N) is 1. The summed E-state index contributed by atoms with van der Waals surface area (Å²) in [6.45, 7) is 0.679. The molecule has 0 aliphatic rings. The first kappa shape index (κ1) is 20.4. The third-order valence-corrected chi connectivity index (χ3v) is 5.08. The molecule has 4 rings (SSSR count). The topological polar surface area (TPSA) is 114 Å². The number of nitrogens with zero attached hydrogens (tertiary/aromatic N) is 2. The zero-order valence-electron chi connectivity index (χ0n) is 17.0. The number of rotatable bonds is 9. The number of carboxylic acid groups (broad SMARTS) is 1. The lowest BCUT2D eigenvalue weighted by Gasteiger charge is -2.09. The van der Waals surface area contributed by atoms with Crippen molar-refractivity contribution in [1.29, 1.82) is 0 Å². The number of nitrogen functional groups attached to an aromatic ring is 1. The van der Waals surface area contributed by atoms with Crippen molar-refractivity contribution in [2.75, 3.05) is 17.6 Å². The van der Waals surface area contributed by atoms with Gasteiger partial charge in [-0.1, -0.05) is 48.9 Å². The van der Waals surface area contributed by atoms with Crippen molar-refractivity contribution < 1.29 is 14.3 Å². The van der Waals surface area contributed by atoms with Crippen molar-refractivity contribution in [3.05, 3.63) is 60.9 Å². The SMILES string of the molecule is Nc1ccc(-c2c(-c3ccccc3)oc3ncnc(NCCCCCC(=O)O)c23)cc1. The minimum Gasteiger partial charge on any atom is -0.481 e. The maximum atomic E-state index is 10.7. The maximum absolute atomic E-state index is 10.7. The number of aliphatic carboxylic acids is 1. The molecule has 0 aliphatic heterocycles. The van der Waals surface area contributed by atoms with Gasteiger partial charge in [0.15, 0.2) is 0 Å². The molecule has 2 aromatic carbocycles. The number of aromatic nitrogens is 2. The fourth-order valence-corrected chi connectivity index (χ4v) is 3.57. The highest BCUT2D eigenvalue weighted by Crippen LogP contribution is 2.42. The number of carbonyl (C=O) groups is 1. The number of furan rings is 1. The molecule has 0 saturated carbocycles. The van der Waals surface area contributed by atoms with Crippen LogP contribution in [0, 0.1) is 0 Å². The molecule has 0 aliphatic carbocycles. The molecule has 158 valence electrons. The molecule has 7 heteroatoms. The molecule has 0 saturated heterocycles. The summed E-state index contributed by atoms with van der Waals surface area (Å²) >= 11 is 0. The normalized spacial score (nSPS) is 11.0. The molecule has 0 unspecified atom stereocenters. The summed E-state index contributed by atoms with van der Waals surface area (Å²) < 4.78 is 6.19. The van der Waals surface area contributed by atoms with Crippen LogP contribution in [0.4, 0.5) is 11.5 Å². The number of carboxylic acids is 1. The average molecular weight is 416 g/mol. The Kier molecular flexibility index (Phi) is 6.12. The van der Waals surface area contributed by atoms with E-state index in [2.05, 4.69) is 15.3 Å². The van der Waals surface area contributed by atoms with Crippen molar-refractivity contribution in [3.63, 3.8) is 0 Å². The molecular formula is C24H24N4O3. The van der Waals surface area contributed by atoms with Crippen LogP contribution in [-0.4, -0.2) is 27.6 Å². The summed E-state index contributed by atoms with van der Waals surface area (Å²) in [6, 6.07) is 17.6. The quantitative estimate of drug-likeness (QED) is 0.254. The number of benzene rings is 2. The van der Waals surface area contributed by atoms with Gasteiger partial charge in [0.1, 0.15) is 17.9 Å². The Morgan fingerprint density at radius 2 is 1.74 bits per heavy atom. The molecule has 0 spiro atoms. The number of hydrogen-bond donors (Lipinski definition) is 3. The van der Waals surface area contributed by atoms with Gasteiger partial charge in [0, 0.05) is 29.8 Å². The monoisotopic (exact) mass is 416 g/mol. The van der Waals surface area contributed by atoms with Gasteiger partial charge in [0.2, 0.25) is 5.71 Å². The van der Waals surface area contributed by atoms with Crippen molar-refractivity contribution in [3.8, 4) is 22.5 Å². The average Bonchev–Trinajstić information content (AvgIpc) is 3.17. The van der Waals surface area contributed by atoms with Crippen molar-refractivity contribution >= 4 is 28.6 Å². The van der Waals surface area contributed by atoms with Gasteiger partial charge in [-0.05, 0) is 30.5 Å². The first-order chi connectivity index (χ1) is 15.1. The van der Waals surface area contributed by atoms with Gasteiger partial charge in [-0.3, -0.25) is 4.79 Å². The predicted octanol–water partition coefficient (Wildman–Crippen LogP) is 5.20. The van der Waals surface area contributed by atoms with Crippen molar-refractivity contribution in [2.45, 2.75) is 25.7 Å². The van der Waals surface area contributed by atoms with Gasteiger partial charge in [0.05, 0.1) is 5.39 Å². The van der Waals surface area contributed by atoms with Crippen LogP contribution in [0.3, 0.4) is 0 Å². The lowest BCUT2D eigenvalue weighted by atomic mass is 9.99. The number of hydrogen-bond acceptors (Lipinski definition) is 6. The summed E-state index contributed by atoms with van der Waals surface area (Å²) in [5.74, 6) is 0.664. The van der Waals surface area contributed by atoms with Crippen LogP contribution in [0.15, 0.2) is 65.3 Å².